The Hall–Kier alpha value is -1.02. The van der Waals surface area contributed by atoms with E-state index in [2.05, 4.69) is 4.90 Å². The molecule has 0 amide bonds. The van der Waals surface area contributed by atoms with Crippen LogP contribution in [0.4, 0.5) is 4.39 Å². The second kappa shape index (κ2) is 6.17. The standard InChI is InChI=1S/C13H19FN2O3S/c1-15-5-2-6-16(8-7-15)20(18,19)13-9-11(10-17)3-4-12(13)14/h3-4,9,17H,2,5-8,10H2,1H3. The maximum atomic E-state index is 13.8. The van der Waals surface area contributed by atoms with Crippen molar-refractivity contribution in [1.82, 2.24) is 9.21 Å². The highest BCUT2D eigenvalue weighted by Crippen LogP contribution is 2.22. The number of aliphatic hydroxyl groups excluding tert-OH is 1. The molecule has 0 aliphatic carbocycles. The zero-order valence-electron chi connectivity index (χ0n) is 11.4. The topological polar surface area (TPSA) is 60.9 Å². The Morgan fingerprint density at radius 2 is 2.00 bits per heavy atom. The Kier molecular flexibility index (Phi) is 4.74. The molecular formula is C13H19FN2O3S. The summed E-state index contributed by atoms with van der Waals surface area (Å²) in [6, 6.07) is 3.67. The summed E-state index contributed by atoms with van der Waals surface area (Å²) in [5.74, 6) is -0.778. The second-order valence-electron chi connectivity index (χ2n) is 4.98. The van der Waals surface area contributed by atoms with Gasteiger partial charge in [0, 0.05) is 19.6 Å². The molecule has 2 rings (SSSR count). The molecule has 0 aromatic heterocycles. The number of aliphatic hydroxyl groups is 1. The van der Waals surface area contributed by atoms with Crippen molar-refractivity contribution >= 4 is 10.0 Å². The molecule has 1 aliphatic heterocycles. The largest absolute Gasteiger partial charge is 0.392 e. The molecule has 112 valence electrons. The highest BCUT2D eigenvalue weighted by molar-refractivity contribution is 7.89. The summed E-state index contributed by atoms with van der Waals surface area (Å²) in [6.07, 6.45) is 0.719. The number of sulfonamides is 1. The van der Waals surface area contributed by atoms with Crippen LogP contribution >= 0.6 is 0 Å². The van der Waals surface area contributed by atoms with Crippen LogP contribution in [0.5, 0.6) is 0 Å². The molecule has 1 aromatic carbocycles. The predicted octanol–water partition coefficient (Wildman–Crippen LogP) is 0.644. The minimum atomic E-state index is -3.85. The van der Waals surface area contributed by atoms with E-state index in [0.29, 0.717) is 25.2 Å². The van der Waals surface area contributed by atoms with Crippen LogP contribution in [0, 0.1) is 5.82 Å². The normalized spacial score (nSPS) is 18.9. The highest BCUT2D eigenvalue weighted by atomic mass is 32.2. The summed E-state index contributed by atoms with van der Waals surface area (Å²) < 4.78 is 40.2. The van der Waals surface area contributed by atoms with Gasteiger partial charge in [-0.05, 0) is 37.7 Å². The van der Waals surface area contributed by atoms with Crippen LogP contribution in [-0.4, -0.2) is 56.0 Å². The fraction of sp³-hybridized carbons (Fsp3) is 0.538. The van der Waals surface area contributed by atoms with E-state index in [1.54, 1.807) is 0 Å². The molecule has 0 radical (unpaired) electrons. The van der Waals surface area contributed by atoms with E-state index in [9.17, 15) is 12.8 Å². The number of rotatable bonds is 3. The molecule has 0 saturated carbocycles. The van der Waals surface area contributed by atoms with Gasteiger partial charge in [0.2, 0.25) is 10.0 Å². The van der Waals surface area contributed by atoms with Gasteiger partial charge in [-0.3, -0.25) is 0 Å². The van der Waals surface area contributed by atoms with Crippen LogP contribution in [-0.2, 0) is 16.6 Å². The number of benzene rings is 1. The first kappa shape index (κ1) is 15.4. The molecule has 0 atom stereocenters. The predicted molar refractivity (Wildman–Crippen MR) is 73.2 cm³/mol. The van der Waals surface area contributed by atoms with Crippen molar-refractivity contribution in [1.29, 1.82) is 0 Å². The van der Waals surface area contributed by atoms with Gasteiger partial charge in [-0.1, -0.05) is 6.07 Å². The quantitative estimate of drug-likeness (QED) is 0.890. The molecule has 1 saturated heterocycles. The first-order valence-corrected chi connectivity index (χ1v) is 7.97. The van der Waals surface area contributed by atoms with E-state index in [1.807, 2.05) is 7.05 Å². The van der Waals surface area contributed by atoms with Crippen LogP contribution < -0.4 is 0 Å². The summed E-state index contributed by atoms with van der Waals surface area (Å²) in [4.78, 5) is 1.70. The van der Waals surface area contributed by atoms with Gasteiger partial charge in [0.1, 0.15) is 10.7 Å². The third-order valence-corrected chi connectivity index (χ3v) is 5.39. The van der Waals surface area contributed by atoms with Crippen molar-refractivity contribution in [2.45, 2.75) is 17.9 Å². The summed E-state index contributed by atoms with van der Waals surface area (Å²) in [7, 11) is -1.92. The molecule has 1 aromatic rings. The lowest BCUT2D eigenvalue weighted by atomic mass is 10.2. The van der Waals surface area contributed by atoms with E-state index < -0.39 is 15.8 Å². The zero-order chi connectivity index (χ0) is 14.8. The Morgan fingerprint density at radius 1 is 1.25 bits per heavy atom. The molecule has 0 unspecified atom stereocenters. The van der Waals surface area contributed by atoms with Crippen LogP contribution in [0.2, 0.25) is 0 Å². The van der Waals surface area contributed by atoms with Crippen LogP contribution in [0.15, 0.2) is 23.1 Å². The highest BCUT2D eigenvalue weighted by Gasteiger charge is 2.28. The van der Waals surface area contributed by atoms with E-state index in [1.165, 1.54) is 16.4 Å². The fourth-order valence-corrected chi connectivity index (χ4v) is 3.83. The van der Waals surface area contributed by atoms with Crippen molar-refractivity contribution in [2.75, 3.05) is 33.2 Å². The van der Waals surface area contributed by atoms with Crippen molar-refractivity contribution in [3.63, 3.8) is 0 Å². The molecule has 1 N–H and O–H groups in total. The summed E-state index contributed by atoms with van der Waals surface area (Å²) >= 11 is 0. The Bertz CT molecular complexity index is 577. The number of halogens is 1. The molecular weight excluding hydrogens is 283 g/mol. The summed E-state index contributed by atoms with van der Waals surface area (Å²) in [6.45, 7) is 1.87. The summed E-state index contributed by atoms with van der Waals surface area (Å²) in [5, 5.41) is 9.07. The van der Waals surface area contributed by atoms with Gasteiger partial charge < -0.3 is 10.0 Å². The zero-order valence-corrected chi connectivity index (χ0v) is 12.2. The monoisotopic (exact) mass is 302 g/mol. The number of nitrogens with zero attached hydrogens (tertiary/aromatic N) is 2. The van der Waals surface area contributed by atoms with Crippen LogP contribution in [0.3, 0.4) is 0 Å². The van der Waals surface area contributed by atoms with Crippen molar-refractivity contribution < 1.29 is 17.9 Å². The lowest BCUT2D eigenvalue weighted by Gasteiger charge is -2.20. The van der Waals surface area contributed by atoms with Gasteiger partial charge >= 0.3 is 0 Å². The van der Waals surface area contributed by atoms with E-state index in [-0.39, 0.29) is 11.5 Å². The molecule has 1 fully saturated rings. The first-order valence-electron chi connectivity index (χ1n) is 6.53. The first-order chi connectivity index (χ1) is 9.45. The van der Waals surface area contributed by atoms with Gasteiger partial charge in [-0.2, -0.15) is 4.31 Å². The minimum Gasteiger partial charge on any atom is -0.392 e. The molecule has 5 nitrogen and oxygen atoms in total. The minimum absolute atomic E-state index is 0.314. The molecule has 0 spiro atoms. The third kappa shape index (κ3) is 3.17. The van der Waals surface area contributed by atoms with Crippen LogP contribution in [0.25, 0.3) is 0 Å². The molecule has 0 bridgehead atoms. The van der Waals surface area contributed by atoms with E-state index in [0.717, 1.165) is 19.0 Å². The van der Waals surface area contributed by atoms with E-state index in [4.69, 9.17) is 5.11 Å². The lowest BCUT2D eigenvalue weighted by molar-refractivity contribution is 0.281. The molecule has 7 heteroatoms. The second-order valence-corrected chi connectivity index (χ2v) is 6.89. The van der Waals surface area contributed by atoms with Gasteiger partial charge in [0.25, 0.3) is 0 Å². The van der Waals surface area contributed by atoms with Crippen molar-refractivity contribution in [3.05, 3.63) is 29.6 Å². The Balaban J connectivity index is 2.34. The fourth-order valence-electron chi connectivity index (χ4n) is 2.25. The van der Waals surface area contributed by atoms with Crippen molar-refractivity contribution in [3.8, 4) is 0 Å². The number of hydrogen-bond donors (Lipinski definition) is 1. The molecule has 1 aliphatic rings. The number of hydrogen-bond acceptors (Lipinski definition) is 4. The Labute approximate surface area is 118 Å². The summed E-state index contributed by atoms with van der Waals surface area (Å²) in [5.41, 5.74) is 0.386. The molecule has 20 heavy (non-hydrogen) atoms. The SMILES string of the molecule is CN1CCCN(S(=O)(=O)c2cc(CO)ccc2F)CC1. The van der Waals surface area contributed by atoms with Gasteiger partial charge in [-0.15, -0.1) is 0 Å². The van der Waals surface area contributed by atoms with Gasteiger partial charge in [-0.25, -0.2) is 12.8 Å². The van der Waals surface area contributed by atoms with E-state index >= 15 is 0 Å². The van der Waals surface area contributed by atoms with Crippen molar-refractivity contribution in [2.24, 2.45) is 0 Å². The Morgan fingerprint density at radius 3 is 2.70 bits per heavy atom. The third-order valence-electron chi connectivity index (χ3n) is 3.47. The van der Waals surface area contributed by atoms with Crippen LogP contribution in [0.1, 0.15) is 12.0 Å². The molecule has 1 heterocycles. The maximum Gasteiger partial charge on any atom is 0.246 e. The average Bonchev–Trinajstić information content (AvgIpc) is 2.64. The van der Waals surface area contributed by atoms with Gasteiger partial charge in [0.05, 0.1) is 6.61 Å². The maximum absolute atomic E-state index is 13.8. The van der Waals surface area contributed by atoms with Gasteiger partial charge in [0.15, 0.2) is 0 Å². The lowest BCUT2D eigenvalue weighted by Crippen LogP contribution is -2.35. The average molecular weight is 302 g/mol. The number of likely N-dealkylation sites (N-methyl/N-ethyl adjacent to an activating group) is 1. The smallest absolute Gasteiger partial charge is 0.246 e.